The summed E-state index contributed by atoms with van der Waals surface area (Å²) in [6, 6.07) is 0. The van der Waals surface area contributed by atoms with Gasteiger partial charge in [0.05, 0.1) is 0 Å². The molecule has 0 aliphatic heterocycles. The number of hydrogen-bond acceptors (Lipinski definition) is 0. The van der Waals surface area contributed by atoms with E-state index in [4.69, 9.17) is 0 Å². The molecule has 0 aromatic rings. The van der Waals surface area contributed by atoms with Crippen LogP contribution in [0.15, 0.2) is 12.2 Å². The number of unbranched alkanes of at least 4 members (excludes halogenated alkanes) is 9. The Labute approximate surface area is 97.2 Å². The first kappa shape index (κ1) is 14.7. The predicted octanol–water partition coefficient (Wildman–Crippen LogP) is 5.69. The molecule has 0 amide bonds. The van der Waals surface area contributed by atoms with E-state index in [9.17, 15) is 0 Å². The molecule has 0 aliphatic rings. The van der Waals surface area contributed by atoms with Gasteiger partial charge in [-0.2, -0.15) is 0 Å². The van der Waals surface area contributed by atoms with Crippen LogP contribution >= 0.6 is 0 Å². The molecule has 0 fully saturated rings. The second kappa shape index (κ2) is 13.7. The lowest BCUT2D eigenvalue weighted by atomic mass is 10.1. The fraction of sp³-hybridized carbons (Fsp3) is 0.800. The molecular weight excluding hydrogens is 180 g/mol. The van der Waals surface area contributed by atoms with E-state index in [1.807, 2.05) is 0 Å². The van der Waals surface area contributed by atoms with Crippen LogP contribution in [0.1, 0.15) is 77.6 Å². The maximum atomic E-state index is 3.82. The highest BCUT2D eigenvalue weighted by Gasteiger charge is 1.90. The van der Waals surface area contributed by atoms with Crippen LogP contribution in [-0.4, -0.2) is 0 Å². The van der Waals surface area contributed by atoms with Crippen molar-refractivity contribution in [1.82, 2.24) is 0 Å². The Hall–Kier alpha value is -0.260. The van der Waals surface area contributed by atoms with Crippen molar-refractivity contribution in [3.8, 4) is 0 Å². The summed E-state index contributed by atoms with van der Waals surface area (Å²) in [4.78, 5) is 0. The van der Waals surface area contributed by atoms with E-state index in [-0.39, 0.29) is 0 Å². The summed E-state index contributed by atoms with van der Waals surface area (Å²) >= 11 is 0. The summed E-state index contributed by atoms with van der Waals surface area (Å²) in [6.45, 7) is 6.09. The van der Waals surface area contributed by atoms with Crippen molar-refractivity contribution in [2.24, 2.45) is 0 Å². The van der Waals surface area contributed by atoms with E-state index in [2.05, 4.69) is 26.0 Å². The Bertz CT molecular complexity index is 124. The second-order valence-corrected chi connectivity index (χ2v) is 4.38. The molecule has 0 heterocycles. The zero-order chi connectivity index (χ0) is 11.2. The summed E-state index contributed by atoms with van der Waals surface area (Å²) in [7, 11) is 0. The summed E-state index contributed by atoms with van der Waals surface area (Å²) < 4.78 is 0. The third kappa shape index (κ3) is 13.7. The zero-order valence-electron chi connectivity index (χ0n) is 10.6. The summed E-state index contributed by atoms with van der Waals surface area (Å²) in [5, 5.41) is 0. The first-order valence-corrected chi connectivity index (χ1v) is 6.86. The van der Waals surface area contributed by atoms with Crippen molar-refractivity contribution in [3.05, 3.63) is 19.1 Å². The first-order chi connectivity index (χ1) is 7.41. The minimum Gasteiger partial charge on any atom is -0.0885 e. The SMILES string of the molecule is [CH2]CC/C=C/CCCCCCCCCC. The van der Waals surface area contributed by atoms with Crippen LogP contribution in [-0.2, 0) is 0 Å². The van der Waals surface area contributed by atoms with Crippen LogP contribution < -0.4 is 0 Å². The minimum absolute atomic E-state index is 1.04. The molecule has 89 valence electrons. The van der Waals surface area contributed by atoms with Gasteiger partial charge in [0, 0.05) is 0 Å². The van der Waals surface area contributed by atoms with Gasteiger partial charge in [0.15, 0.2) is 0 Å². The maximum Gasteiger partial charge on any atom is -0.0351 e. The van der Waals surface area contributed by atoms with Crippen molar-refractivity contribution >= 4 is 0 Å². The predicted molar refractivity (Wildman–Crippen MR) is 71.0 cm³/mol. The molecule has 0 heteroatoms. The van der Waals surface area contributed by atoms with E-state index in [0.29, 0.717) is 0 Å². The van der Waals surface area contributed by atoms with Crippen molar-refractivity contribution < 1.29 is 0 Å². The third-order valence-electron chi connectivity index (χ3n) is 2.76. The normalized spacial score (nSPS) is 11.3. The average Bonchev–Trinajstić information content (AvgIpc) is 2.26. The second-order valence-electron chi connectivity index (χ2n) is 4.38. The zero-order valence-corrected chi connectivity index (χ0v) is 10.6. The molecule has 0 aromatic carbocycles. The highest BCUT2D eigenvalue weighted by molar-refractivity contribution is 4.81. The Morgan fingerprint density at radius 2 is 1.27 bits per heavy atom. The maximum absolute atomic E-state index is 3.82. The molecule has 15 heavy (non-hydrogen) atoms. The molecular formula is C15H29. The van der Waals surface area contributed by atoms with Gasteiger partial charge in [-0.1, -0.05) is 70.9 Å². The Kier molecular flexibility index (Phi) is 13.5. The van der Waals surface area contributed by atoms with Gasteiger partial charge in [-0.05, 0) is 25.7 Å². The molecule has 0 N–H and O–H groups in total. The van der Waals surface area contributed by atoms with Gasteiger partial charge in [-0.25, -0.2) is 0 Å². The lowest BCUT2D eigenvalue weighted by molar-refractivity contribution is 0.577. The van der Waals surface area contributed by atoms with Crippen LogP contribution in [0.5, 0.6) is 0 Å². The van der Waals surface area contributed by atoms with Gasteiger partial charge < -0.3 is 0 Å². The van der Waals surface area contributed by atoms with Gasteiger partial charge in [0.2, 0.25) is 0 Å². The standard InChI is InChI=1S/C15H29/c1-3-5-7-9-11-13-15-14-12-10-8-6-4-2/h7,9H,1,3-6,8,10-15H2,2H3/b9-7+. The Morgan fingerprint density at radius 1 is 0.733 bits per heavy atom. The summed E-state index contributed by atoms with van der Waals surface area (Å²) in [6.07, 6.45) is 19.4. The van der Waals surface area contributed by atoms with Crippen LogP contribution in [0.3, 0.4) is 0 Å². The van der Waals surface area contributed by atoms with E-state index in [1.54, 1.807) is 0 Å². The fourth-order valence-electron chi connectivity index (χ4n) is 1.75. The Balaban J connectivity index is 2.92. The molecule has 0 unspecified atom stereocenters. The minimum atomic E-state index is 1.04. The Morgan fingerprint density at radius 3 is 1.87 bits per heavy atom. The van der Waals surface area contributed by atoms with Crippen LogP contribution in [0.25, 0.3) is 0 Å². The smallest absolute Gasteiger partial charge is 0.0351 e. The van der Waals surface area contributed by atoms with Crippen molar-refractivity contribution in [1.29, 1.82) is 0 Å². The van der Waals surface area contributed by atoms with E-state index in [1.165, 1.54) is 57.8 Å². The fourth-order valence-corrected chi connectivity index (χ4v) is 1.75. The molecule has 0 saturated heterocycles. The monoisotopic (exact) mass is 209 g/mol. The van der Waals surface area contributed by atoms with Crippen LogP contribution in [0.2, 0.25) is 0 Å². The van der Waals surface area contributed by atoms with Gasteiger partial charge in [-0.3, -0.25) is 0 Å². The number of hydrogen-bond donors (Lipinski definition) is 0. The highest BCUT2D eigenvalue weighted by Crippen LogP contribution is 2.09. The van der Waals surface area contributed by atoms with E-state index >= 15 is 0 Å². The van der Waals surface area contributed by atoms with Crippen LogP contribution in [0.4, 0.5) is 0 Å². The molecule has 1 radical (unpaired) electrons. The third-order valence-corrected chi connectivity index (χ3v) is 2.76. The largest absolute Gasteiger partial charge is 0.0885 e. The lowest BCUT2D eigenvalue weighted by Gasteiger charge is -1.99. The first-order valence-electron chi connectivity index (χ1n) is 6.86. The molecule has 0 saturated carbocycles. The molecule has 0 atom stereocenters. The molecule has 0 rings (SSSR count). The van der Waals surface area contributed by atoms with Gasteiger partial charge >= 0.3 is 0 Å². The van der Waals surface area contributed by atoms with Gasteiger partial charge in [0.25, 0.3) is 0 Å². The number of allylic oxidation sites excluding steroid dienone is 2. The summed E-state index contributed by atoms with van der Waals surface area (Å²) in [5.41, 5.74) is 0. The van der Waals surface area contributed by atoms with E-state index in [0.717, 1.165) is 12.8 Å². The highest BCUT2D eigenvalue weighted by atomic mass is 14.0. The van der Waals surface area contributed by atoms with E-state index < -0.39 is 0 Å². The average molecular weight is 209 g/mol. The lowest BCUT2D eigenvalue weighted by Crippen LogP contribution is -1.79. The van der Waals surface area contributed by atoms with Crippen LogP contribution in [0, 0.1) is 6.92 Å². The quantitative estimate of drug-likeness (QED) is 0.303. The molecule has 0 bridgehead atoms. The van der Waals surface area contributed by atoms with Gasteiger partial charge in [-0.15, -0.1) is 0 Å². The van der Waals surface area contributed by atoms with Crippen molar-refractivity contribution in [2.45, 2.75) is 77.6 Å². The van der Waals surface area contributed by atoms with Crippen molar-refractivity contribution in [2.75, 3.05) is 0 Å². The molecule has 0 aliphatic carbocycles. The molecule has 0 nitrogen and oxygen atoms in total. The molecule has 0 aromatic heterocycles. The summed E-state index contributed by atoms with van der Waals surface area (Å²) in [5.74, 6) is 0. The molecule has 0 spiro atoms. The van der Waals surface area contributed by atoms with Crippen molar-refractivity contribution in [3.63, 3.8) is 0 Å². The topological polar surface area (TPSA) is 0 Å². The van der Waals surface area contributed by atoms with Gasteiger partial charge in [0.1, 0.15) is 0 Å². The number of rotatable bonds is 11.